The molecular formula is C20H29ClN2. The number of allylic oxidation sites excluding steroid dienone is 3. The Labute approximate surface area is 146 Å². The molecule has 0 spiro atoms. The molecule has 2 rings (SSSR count). The van der Waals surface area contributed by atoms with E-state index in [4.69, 9.17) is 11.6 Å². The lowest BCUT2D eigenvalue weighted by Gasteiger charge is -2.36. The molecule has 3 heteroatoms. The van der Waals surface area contributed by atoms with Crippen molar-refractivity contribution in [2.75, 3.05) is 37.6 Å². The van der Waals surface area contributed by atoms with Crippen molar-refractivity contribution >= 4 is 17.3 Å². The van der Waals surface area contributed by atoms with Crippen molar-refractivity contribution in [3.8, 4) is 0 Å². The van der Waals surface area contributed by atoms with Gasteiger partial charge < -0.3 is 4.90 Å². The SMILES string of the molecule is CC(C)=CCC/C(C)=C/CN1CCN(c2ccccc2Cl)CC1. The van der Waals surface area contributed by atoms with Crippen LogP contribution >= 0.6 is 11.6 Å². The van der Waals surface area contributed by atoms with Crippen LogP contribution in [0.3, 0.4) is 0 Å². The summed E-state index contributed by atoms with van der Waals surface area (Å²) in [6.45, 7) is 11.9. The molecule has 0 N–H and O–H groups in total. The van der Waals surface area contributed by atoms with Crippen molar-refractivity contribution in [3.63, 3.8) is 0 Å². The molecule has 0 radical (unpaired) electrons. The predicted molar refractivity (Wildman–Crippen MR) is 103 cm³/mol. The van der Waals surface area contributed by atoms with Gasteiger partial charge in [0.05, 0.1) is 10.7 Å². The lowest BCUT2D eigenvalue weighted by atomic mass is 10.1. The van der Waals surface area contributed by atoms with E-state index in [2.05, 4.69) is 54.9 Å². The maximum absolute atomic E-state index is 6.30. The number of rotatable bonds is 6. The summed E-state index contributed by atoms with van der Waals surface area (Å²) in [5, 5.41) is 0.857. The maximum Gasteiger partial charge on any atom is 0.0639 e. The van der Waals surface area contributed by atoms with E-state index in [1.54, 1.807) is 0 Å². The van der Waals surface area contributed by atoms with E-state index in [1.807, 2.05) is 12.1 Å². The van der Waals surface area contributed by atoms with Gasteiger partial charge in [0.15, 0.2) is 0 Å². The van der Waals surface area contributed by atoms with Crippen LogP contribution in [0.5, 0.6) is 0 Å². The first-order valence-electron chi connectivity index (χ1n) is 8.57. The van der Waals surface area contributed by atoms with Gasteiger partial charge in [-0.05, 0) is 45.7 Å². The van der Waals surface area contributed by atoms with E-state index in [9.17, 15) is 0 Å². The molecule has 23 heavy (non-hydrogen) atoms. The summed E-state index contributed by atoms with van der Waals surface area (Å²) in [5.74, 6) is 0. The Bertz CT molecular complexity index is 551. The first kappa shape index (κ1) is 18.1. The molecule has 126 valence electrons. The Morgan fingerprint density at radius 2 is 1.74 bits per heavy atom. The highest BCUT2D eigenvalue weighted by Gasteiger charge is 2.17. The normalized spacial score (nSPS) is 16.5. The summed E-state index contributed by atoms with van der Waals surface area (Å²) in [4.78, 5) is 4.92. The molecule has 0 aromatic heterocycles. The lowest BCUT2D eigenvalue weighted by molar-refractivity contribution is 0.283. The lowest BCUT2D eigenvalue weighted by Crippen LogP contribution is -2.46. The van der Waals surface area contributed by atoms with Gasteiger partial charge in [0, 0.05) is 32.7 Å². The number of halogens is 1. The standard InChI is InChI=1S/C20H29ClN2/c1-17(2)7-6-8-18(3)11-12-22-13-15-23(16-14-22)20-10-5-4-9-19(20)21/h4-5,7,9-11H,6,8,12-16H2,1-3H3/b18-11+. The van der Waals surface area contributed by atoms with Crippen LogP contribution in [0.1, 0.15) is 33.6 Å². The van der Waals surface area contributed by atoms with Gasteiger partial charge in [-0.1, -0.05) is 47.0 Å². The summed E-state index contributed by atoms with van der Waals surface area (Å²) in [6, 6.07) is 8.14. The van der Waals surface area contributed by atoms with Gasteiger partial charge >= 0.3 is 0 Å². The van der Waals surface area contributed by atoms with Crippen LogP contribution in [0.4, 0.5) is 5.69 Å². The van der Waals surface area contributed by atoms with E-state index in [0.29, 0.717) is 0 Å². The third-order valence-corrected chi connectivity index (χ3v) is 4.67. The van der Waals surface area contributed by atoms with E-state index in [-0.39, 0.29) is 0 Å². The first-order chi connectivity index (χ1) is 11.1. The molecule has 1 heterocycles. The highest BCUT2D eigenvalue weighted by molar-refractivity contribution is 6.33. The number of anilines is 1. The number of hydrogen-bond acceptors (Lipinski definition) is 2. The molecule has 1 aromatic carbocycles. The molecule has 0 bridgehead atoms. The first-order valence-corrected chi connectivity index (χ1v) is 8.95. The highest BCUT2D eigenvalue weighted by atomic mass is 35.5. The van der Waals surface area contributed by atoms with Gasteiger partial charge in [0.1, 0.15) is 0 Å². The van der Waals surface area contributed by atoms with Crippen molar-refractivity contribution in [2.45, 2.75) is 33.6 Å². The van der Waals surface area contributed by atoms with Gasteiger partial charge in [0.25, 0.3) is 0 Å². The summed E-state index contributed by atoms with van der Waals surface area (Å²) in [5.41, 5.74) is 4.08. The summed E-state index contributed by atoms with van der Waals surface area (Å²) in [6.07, 6.45) is 7.04. The Kier molecular flexibility index (Phi) is 7.19. The Hall–Kier alpha value is -1.25. The monoisotopic (exact) mass is 332 g/mol. The Morgan fingerprint density at radius 1 is 1.04 bits per heavy atom. The maximum atomic E-state index is 6.30. The van der Waals surface area contributed by atoms with Crippen molar-refractivity contribution in [1.82, 2.24) is 4.90 Å². The van der Waals surface area contributed by atoms with Crippen molar-refractivity contribution in [2.24, 2.45) is 0 Å². The fourth-order valence-electron chi connectivity index (χ4n) is 2.86. The van der Waals surface area contributed by atoms with E-state index in [0.717, 1.165) is 44.2 Å². The van der Waals surface area contributed by atoms with Crippen molar-refractivity contribution in [3.05, 3.63) is 52.6 Å². The molecule has 0 amide bonds. The molecule has 1 aliphatic heterocycles. The zero-order chi connectivity index (χ0) is 16.7. The van der Waals surface area contributed by atoms with Gasteiger partial charge in [0.2, 0.25) is 0 Å². The van der Waals surface area contributed by atoms with E-state index >= 15 is 0 Å². The molecule has 2 nitrogen and oxygen atoms in total. The van der Waals surface area contributed by atoms with Gasteiger partial charge in [-0.3, -0.25) is 4.90 Å². The second kappa shape index (κ2) is 9.14. The van der Waals surface area contributed by atoms with Crippen LogP contribution < -0.4 is 4.90 Å². The quantitative estimate of drug-likeness (QED) is 0.664. The van der Waals surface area contributed by atoms with Crippen LogP contribution in [-0.4, -0.2) is 37.6 Å². The number of nitrogens with zero attached hydrogens (tertiary/aromatic N) is 2. The number of hydrogen-bond donors (Lipinski definition) is 0. The highest BCUT2D eigenvalue weighted by Crippen LogP contribution is 2.26. The second-order valence-corrected chi connectivity index (χ2v) is 7.02. The Balaban J connectivity index is 1.76. The zero-order valence-electron chi connectivity index (χ0n) is 14.7. The van der Waals surface area contributed by atoms with Gasteiger partial charge in [-0.15, -0.1) is 0 Å². The van der Waals surface area contributed by atoms with Crippen LogP contribution in [0.2, 0.25) is 5.02 Å². The fraction of sp³-hybridized carbons (Fsp3) is 0.500. The molecule has 0 saturated carbocycles. The predicted octanol–water partition coefficient (Wildman–Crippen LogP) is 5.15. The molecule has 0 atom stereocenters. The minimum Gasteiger partial charge on any atom is -0.368 e. The van der Waals surface area contributed by atoms with Gasteiger partial charge in [-0.25, -0.2) is 0 Å². The molecule has 1 fully saturated rings. The van der Waals surface area contributed by atoms with E-state index < -0.39 is 0 Å². The molecular weight excluding hydrogens is 304 g/mol. The molecule has 1 saturated heterocycles. The van der Waals surface area contributed by atoms with Crippen LogP contribution in [0.25, 0.3) is 0 Å². The average Bonchev–Trinajstić information content (AvgIpc) is 2.54. The van der Waals surface area contributed by atoms with Crippen molar-refractivity contribution < 1.29 is 0 Å². The Morgan fingerprint density at radius 3 is 2.39 bits per heavy atom. The number of para-hydroxylation sites is 1. The van der Waals surface area contributed by atoms with Gasteiger partial charge in [-0.2, -0.15) is 0 Å². The topological polar surface area (TPSA) is 6.48 Å². The average molecular weight is 333 g/mol. The molecule has 0 aliphatic carbocycles. The van der Waals surface area contributed by atoms with Crippen LogP contribution in [-0.2, 0) is 0 Å². The van der Waals surface area contributed by atoms with Crippen LogP contribution in [0.15, 0.2) is 47.6 Å². The smallest absolute Gasteiger partial charge is 0.0639 e. The summed E-state index contributed by atoms with van der Waals surface area (Å²) in [7, 11) is 0. The third kappa shape index (κ3) is 6.04. The molecule has 1 aliphatic rings. The second-order valence-electron chi connectivity index (χ2n) is 6.61. The number of piperazine rings is 1. The van der Waals surface area contributed by atoms with Crippen molar-refractivity contribution in [1.29, 1.82) is 0 Å². The fourth-order valence-corrected chi connectivity index (χ4v) is 3.11. The third-order valence-electron chi connectivity index (χ3n) is 4.35. The molecule has 1 aromatic rings. The zero-order valence-corrected chi connectivity index (χ0v) is 15.4. The summed E-state index contributed by atoms with van der Waals surface area (Å²) >= 11 is 6.30. The summed E-state index contributed by atoms with van der Waals surface area (Å²) < 4.78 is 0. The minimum absolute atomic E-state index is 0.857. The van der Waals surface area contributed by atoms with E-state index in [1.165, 1.54) is 23.3 Å². The van der Waals surface area contributed by atoms with Crippen LogP contribution in [0, 0.1) is 0 Å². The largest absolute Gasteiger partial charge is 0.368 e. The number of benzene rings is 1. The molecule has 0 unspecified atom stereocenters. The minimum atomic E-state index is 0.857.